The molecule has 0 radical (unpaired) electrons. The first kappa shape index (κ1) is 36.3. The predicted molar refractivity (Wildman–Crippen MR) is 211 cm³/mol. The van der Waals surface area contributed by atoms with Crippen LogP contribution in [0.2, 0.25) is 18.1 Å². The molecule has 8 nitrogen and oxygen atoms in total. The van der Waals surface area contributed by atoms with Gasteiger partial charge in [0.05, 0.1) is 11.8 Å². The number of morpholine rings is 1. The first-order chi connectivity index (χ1) is 24.8. The number of anilines is 2. The Balaban J connectivity index is 0.947. The third-order valence-corrected chi connectivity index (χ3v) is 16.4. The molecule has 0 aliphatic carbocycles. The highest BCUT2D eigenvalue weighted by Gasteiger charge is 2.62. The van der Waals surface area contributed by atoms with Gasteiger partial charge in [0.25, 0.3) is 0 Å². The fourth-order valence-corrected chi connectivity index (χ4v) is 9.14. The molecule has 3 fully saturated rings. The number of aryl methyl sites for hydroxylation is 1. The number of amides is 2. The maximum atomic E-state index is 13.2. The van der Waals surface area contributed by atoms with Crippen LogP contribution in [-0.2, 0) is 25.1 Å². The number of epoxide rings is 1. The third kappa shape index (κ3) is 7.83. The summed E-state index contributed by atoms with van der Waals surface area (Å²) in [5, 5.41) is 8.50. The van der Waals surface area contributed by atoms with Gasteiger partial charge in [-0.15, -0.1) is 0 Å². The van der Waals surface area contributed by atoms with Gasteiger partial charge in [0.15, 0.2) is 8.32 Å². The molecule has 274 valence electrons. The number of hydrogen-bond acceptors (Lipinski definition) is 6. The van der Waals surface area contributed by atoms with Gasteiger partial charge in [-0.05, 0) is 96.7 Å². The monoisotopic (exact) mass is 719 g/mol. The second kappa shape index (κ2) is 14.4. The molecule has 2 N–H and O–H groups in total. The number of piperidine rings is 1. The van der Waals surface area contributed by atoms with Crippen molar-refractivity contribution in [3.8, 4) is 11.1 Å². The number of carbonyl (C=O) groups is 2. The van der Waals surface area contributed by atoms with Crippen molar-refractivity contribution < 1.29 is 23.5 Å². The lowest BCUT2D eigenvalue weighted by atomic mass is 9.99. The van der Waals surface area contributed by atoms with Crippen molar-refractivity contribution in [3.05, 3.63) is 96.1 Å². The van der Waals surface area contributed by atoms with Crippen LogP contribution in [0.25, 0.3) is 21.9 Å². The molecule has 3 aliphatic heterocycles. The Morgan fingerprint density at radius 1 is 0.904 bits per heavy atom. The minimum atomic E-state index is -1.89. The molecule has 5 atom stereocenters. The quantitative estimate of drug-likeness (QED) is 0.119. The maximum Gasteiger partial charge on any atom is 0.411 e. The lowest BCUT2D eigenvalue weighted by Gasteiger charge is -2.38. The first-order valence-corrected chi connectivity index (χ1v) is 21.7. The second-order valence-corrected chi connectivity index (χ2v) is 21.2. The Kier molecular flexibility index (Phi) is 10.1. The fourth-order valence-electron chi connectivity index (χ4n) is 7.77. The zero-order valence-electron chi connectivity index (χ0n) is 31.6. The van der Waals surface area contributed by atoms with E-state index in [0.717, 1.165) is 51.6 Å². The van der Waals surface area contributed by atoms with E-state index in [1.807, 2.05) is 54.6 Å². The van der Waals surface area contributed by atoms with Gasteiger partial charge in [0.1, 0.15) is 18.3 Å². The highest BCUT2D eigenvalue weighted by atomic mass is 28.4. The van der Waals surface area contributed by atoms with E-state index in [1.165, 1.54) is 0 Å². The Morgan fingerprint density at radius 2 is 1.60 bits per heavy atom. The molecule has 0 saturated carbocycles. The van der Waals surface area contributed by atoms with Gasteiger partial charge in [-0.3, -0.25) is 15.0 Å². The van der Waals surface area contributed by atoms with Gasteiger partial charge >= 0.3 is 6.09 Å². The summed E-state index contributed by atoms with van der Waals surface area (Å²) in [5.41, 5.74) is 5.65. The molecule has 9 heteroatoms. The number of nitrogens with one attached hydrogen (secondary N) is 2. The molecular formula is C43H53N3O5Si. The molecule has 5 unspecified atom stereocenters. The van der Waals surface area contributed by atoms with E-state index in [2.05, 4.69) is 93.7 Å². The lowest BCUT2D eigenvalue weighted by molar-refractivity contribution is -0.116. The average Bonchev–Trinajstić information content (AvgIpc) is 3.86. The Labute approximate surface area is 309 Å². The highest BCUT2D eigenvalue weighted by Crippen LogP contribution is 2.48. The van der Waals surface area contributed by atoms with E-state index in [-0.39, 0.29) is 23.2 Å². The van der Waals surface area contributed by atoms with E-state index < -0.39 is 14.4 Å². The van der Waals surface area contributed by atoms with Crippen LogP contribution in [0.4, 0.5) is 16.2 Å². The Morgan fingerprint density at radius 3 is 2.31 bits per heavy atom. The van der Waals surface area contributed by atoms with Crippen molar-refractivity contribution >= 4 is 42.5 Å². The number of ether oxygens (including phenoxy) is 2. The van der Waals surface area contributed by atoms with Crippen LogP contribution in [0.15, 0.2) is 84.9 Å². The number of nitrogens with zero attached hydrogens (tertiary/aromatic N) is 1. The number of rotatable bonds is 11. The Bertz CT molecular complexity index is 1920. The summed E-state index contributed by atoms with van der Waals surface area (Å²) >= 11 is 0. The zero-order valence-corrected chi connectivity index (χ0v) is 32.6. The van der Waals surface area contributed by atoms with Crippen molar-refractivity contribution in [3.63, 3.8) is 0 Å². The van der Waals surface area contributed by atoms with Gasteiger partial charge in [-0.2, -0.15) is 0 Å². The molecule has 0 aromatic heterocycles. The van der Waals surface area contributed by atoms with Crippen molar-refractivity contribution in [1.82, 2.24) is 4.90 Å². The summed E-state index contributed by atoms with van der Waals surface area (Å²) < 4.78 is 18.4. The molecule has 7 rings (SSSR count). The van der Waals surface area contributed by atoms with Crippen molar-refractivity contribution in [1.29, 1.82) is 0 Å². The number of likely N-dealkylation sites (N-methyl/N-ethyl adjacent to an activating group) is 1. The minimum Gasteiger partial charge on any atom is -0.446 e. The van der Waals surface area contributed by atoms with E-state index in [1.54, 1.807) is 0 Å². The maximum absolute atomic E-state index is 13.2. The highest BCUT2D eigenvalue weighted by molar-refractivity contribution is 6.74. The van der Waals surface area contributed by atoms with Crippen LogP contribution >= 0.6 is 0 Å². The summed E-state index contributed by atoms with van der Waals surface area (Å²) in [5.74, 6) is -0.0228. The predicted octanol–water partition coefficient (Wildman–Crippen LogP) is 9.71. The number of carbonyl (C=O) groups excluding carboxylic acids is 2. The molecule has 4 aromatic rings. The molecule has 52 heavy (non-hydrogen) atoms. The van der Waals surface area contributed by atoms with Crippen LogP contribution in [0.3, 0.4) is 0 Å². The van der Waals surface area contributed by atoms with Crippen LogP contribution < -0.4 is 10.6 Å². The van der Waals surface area contributed by atoms with E-state index >= 15 is 0 Å². The zero-order chi connectivity index (χ0) is 36.8. The Hall–Kier alpha value is -4.02. The smallest absolute Gasteiger partial charge is 0.411 e. The molecule has 3 saturated heterocycles. The summed E-state index contributed by atoms with van der Waals surface area (Å²) in [6, 6.07) is 29.3. The van der Waals surface area contributed by atoms with Crippen molar-refractivity contribution in [2.24, 2.45) is 0 Å². The molecular weight excluding hydrogens is 667 g/mol. The van der Waals surface area contributed by atoms with E-state index in [9.17, 15) is 9.59 Å². The largest absolute Gasteiger partial charge is 0.446 e. The second-order valence-electron chi connectivity index (χ2n) is 16.5. The molecule has 0 spiro atoms. The molecule has 2 amide bonds. The van der Waals surface area contributed by atoms with Crippen molar-refractivity contribution in [2.75, 3.05) is 17.7 Å². The fraction of sp³-hybridized carbons (Fsp3) is 0.442. The van der Waals surface area contributed by atoms with Crippen LogP contribution in [0.5, 0.6) is 0 Å². The molecule has 3 aliphatic rings. The normalized spacial score (nSPS) is 23.2. The van der Waals surface area contributed by atoms with Crippen molar-refractivity contribution in [2.45, 2.75) is 114 Å². The topological polar surface area (TPSA) is 92.4 Å². The third-order valence-electron chi connectivity index (χ3n) is 11.8. The molecule has 4 aromatic carbocycles. The summed E-state index contributed by atoms with van der Waals surface area (Å²) in [4.78, 5) is 28.6. The average molecular weight is 720 g/mol. The summed E-state index contributed by atoms with van der Waals surface area (Å²) in [6.45, 7) is 13.5. The van der Waals surface area contributed by atoms with E-state index in [4.69, 9.17) is 13.9 Å². The molecule has 2 bridgehead atoms. The summed E-state index contributed by atoms with van der Waals surface area (Å²) in [7, 11) is 0.256. The van der Waals surface area contributed by atoms with Gasteiger partial charge in [-0.1, -0.05) is 81.4 Å². The first-order valence-electron chi connectivity index (χ1n) is 18.8. The number of fused-ring (bicyclic) bond motifs is 6. The number of hydrogen-bond donors (Lipinski definition) is 2. The SMILES string of the molecule is CC(O[Si](C)(C)C(C)(C)C)c1ccc2cc(NC(=O)CCCc3ccc(-c4ccccc4)c(NC(=O)OC4CC5C6OC6C(C4)N5C)c3)ccc2c1. The van der Waals surface area contributed by atoms with E-state index in [0.29, 0.717) is 49.2 Å². The molecule has 3 heterocycles. The van der Waals surface area contributed by atoms with Gasteiger partial charge in [0, 0.05) is 42.6 Å². The number of benzene rings is 4. The van der Waals surface area contributed by atoms with Crippen LogP contribution in [-0.4, -0.2) is 62.7 Å². The lowest BCUT2D eigenvalue weighted by Crippen LogP contribution is -2.48. The van der Waals surface area contributed by atoms with Gasteiger partial charge in [-0.25, -0.2) is 4.79 Å². The minimum absolute atomic E-state index is 0.0142. The van der Waals surface area contributed by atoms with Crippen LogP contribution in [0.1, 0.15) is 70.6 Å². The van der Waals surface area contributed by atoms with Crippen LogP contribution in [0, 0.1) is 0 Å². The van der Waals surface area contributed by atoms with Gasteiger partial charge in [0.2, 0.25) is 5.91 Å². The summed E-state index contributed by atoms with van der Waals surface area (Å²) in [6.07, 6.45) is 3.38. The van der Waals surface area contributed by atoms with Gasteiger partial charge < -0.3 is 19.2 Å². The standard InChI is InChI=1S/C43H53N3O5Si/c1-27(51-52(6,7)43(2,3)4)30-17-18-32-24-33(20-19-31(32)23-30)44-39(47)15-11-12-28-16-21-35(29-13-9-8-10-14-29)36(22-28)45-42(48)49-34-25-37-40-41(50-40)38(26-34)46(37)5/h8-10,13-14,16-24,27,34,37-38,40-41H,11-12,15,25-26H2,1-7H3,(H,44,47)(H,45,48).